The van der Waals surface area contributed by atoms with Gasteiger partial charge in [0.15, 0.2) is 0 Å². The maximum absolute atomic E-state index is 12.1. The molecule has 1 heterocycles. The van der Waals surface area contributed by atoms with Crippen molar-refractivity contribution in [1.82, 2.24) is 10.6 Å². The van der Waals surface area contributed by atoms with Crippen LogP contribution in [0.2, 0.25) is 0 Å². The lowest BCUT2D eigenvalue weighted by atomic mass is 9.99. The molecule has 2 rings (SSSR count). The van der Waals surface area contributed by atoms with E-state index in [1.165, 1.54) is 5.56 Å². The maximum atomic E-state index is 12.1. The summed E-state index contributed by atoms with van der Waals surface area (Å²) in [6.07, 6.45) is 0.989. The first-order valence-electron chi connectivity index (χ1n) is 6.63. The SMILES string of the molecule is CC(C)c1ccc(C(=O)NC2(C)CCNC2)cc1. The standard InChI is InChI=1S/C15H22N2O/c1-11(2)12-4-6-13(7-5-12)14(18)17-15(3)8-9-16-10-15/h4-7,11,16H,8-10H2,1-3H3,(H,17,18). The molecule has 0 bridgehead atoms. The van der Waals surface area contributed by atoms with Gasteiger partial charge in [-0.1, -0.05) is 26.0 Å². The van der Waals surface area contributed by atoms with Crippen molar-refractivity contribution in [2.24, 2.45) is 0 Å². The molecular formula is C15H22N2O. The molecule has 1 unspecified atom stereocenters. The number of hydrogen-bond acceptors (Lipinski definition) is 2. The normalized spacial score (nSPS) is 23.3. The Morgan fingerprint density at radius 3 is 2.50 bits per heavy atom. The Morgan fingerprint density at radius 1 is 1.33 bits per heavy atom. The predicted molar refractivity (Wildman–Crippen MR) is 73.9 cm³/mol. The molecule has 0 spiro atoms. The molecule has 1 aliphatic heterocycles. The van der Waals surface area contributed by atoms with Gasteiger partial charge in [-0.25, -0.2) is 0 Å². The quantitative estimate of drug-likeness (QED) is 0.859. The largest absolute Gasteiger partial charge is 0.346 e. The van der Waals surface area contributed by atoms with Crippen LogP contribution in [0.15, 0.2) is 24.3 Å². The Balaban J connectivity index is 2.04. The highest BCUT2D eigenvalue weighted by molar-refractivity contribution is 5.94. The molecule has 0 aromatic heterocycles. The van der Waals surface area contributed by atoms with Gasteiger partial charge in [0, 0.05) is 12.1 Å². The van der Waals surface area contributed by atoms with Crippen molar-refractivity contribution in [2.75, 3.05) is 13.1 Å². The minimum atomic E-state index is -0.103. The fraction of sp³-hybridized carbons (Fsp3) is 0.533. The monoisotopic (exact) mass is 246 g/mol. The lowest BCUT2D eigenvalue weighted by molar-refractivity contribution is 0.0913. The third-order valence-electron chi connectivity index (χ3n) is 3.62. The van der Waals surface area contributed by atoms with Crippen LogP contribution in [0, 0.1) is 0 Å². The molecule has 18 heavy (non-hydrogen) atoms. The number of amides is 1. The molecule has 1 fully saturated rings. The fourth-order valence-corrected chi connectivity index (χ4v) is 2.29. The van der Waals surface area contributed by atoms with Crippen molar-refractivity contribution >= 4 is 5.91 Å². The van der Waals surface area contributed by atoms with Gasteiger partial charge < -0.3 is 10.6 Å². The first kappa shape index (κ1) is 13.1. The third kappa shape index (κ3) is 2.91. The topological polar surface area (TPSA) is 41.1 Å². The highest BCUT2D eigenvalue weighted by Gasteiger charge is 2.30. The number of carbonyl (C=O) groups is 1. The van der Waals surface area contributed by atoms with Crippen molar-refractivity contribution < 1.29 is 4.79 Å². The molecule has 1 aromatic carbocycles. The van der Waals surface area contributed by atoms with E-state index in [0.29, 0.717) is 5.92 Å². The number of carbonyl (C=O) groups excluding carboxylic acids is 1. The Hall–Kier alpha value is -1.35. The third-order valence-corrected chi connectivity index (χ3v) is 3.62. The molecule has 2 N–H and O–H groups in total. The zero-order valence-electron chi connectivity index (χ0n) is 11.4. The van der Waals surface area contributed by atoms with E-state index in [-0.39, 0.29) is 11.4 Å². The van der Waals surface area contributed by atoms with Gasteiger partial charge in [0.1, 0.15) is 0 Å². The van der Waals surface area contributed by atoms with E-state index in [1.54, 1.807) is 0 Å². The summed E-state index contributed by atoms with van der Waals surface area (Å²) in [6, 6.07) is 7.90. The molecule has 0 saturated carbocycles. The molecule has 1 atom stereocenters. The smallest absolute Gasteiger partial charge is 0.251 e. The molecule has 98 valence electrons. The number of rotatable bonds is 3. The van der Waals surface area contributed by atoms with Crippen molar-refractivity contribution in [3.8, 4) is 0 Å². The summed E-state index contributed by atoms with van der Waals surface area (Å²) in [5.41, 5.74) is 1.90. The summed E-state index contributed by atoms with van der Waals surface area (Å²) in [7, 11) is 0. The van der Waals surface area contributed by atoms with Crippen LogP contribution in [0.5, 0.6) is 0 Å². The summed E-state index contributed by atoms with van der Waals surface area (Å²) in [5, 5.41) is 6.40. The molecule has 1 saturated heterocycles. The molecule has 3 heteroatoms. The molecule has 0 radical (unpaired) electrons. The van der Waals surface area contributed by atoms with Gasteiger partial charge in [-0.2, -0.15) is 0 Å². The van der Waals surface area contributed by atoms with Crippen molar-refractivity contribution in [3.63, 3.8) is 0 Å². The Kier molecular flexibility index (Phi) is 3.71. The van der Waals surface area contributed by atoms with Gasteiger partial charge in [-0.05, 0) is 43.5 Å². The molecule has 0 aliphatic carbocycles. The van der Waals surface area contributed by atoms with Gasteiger partial charge in [0.2, 0.25) is 0 Å². The van der Waals surface area contributed by atoms with E-state index in [2.05, 4.69) is 31.4 Å². The summed E-state index contributed by atoms with van der Waals surface area (Å²) < 4.78 is 0. The summed E-state index contributed by atoms with van der Waals surface area (Å²) >= 11 is 0. The average molecular weight is 246 g/mol. The molecule has 3 nitrogen and oxygen atoms in total. The van der Waals surface area contributed by atoms with E-state index in [1.807, 2.05) is 24.3 Å². The molecule has 1 amide bonds. The van der Waals surface area contributed by atoms with E-state index >= 15 is 0 Å². The van der Waals surface area contributed by atoms with Crippen molar-refractivity contribution in [2.45, 2.75) is 38.6 Å². The second-order valence-electron chi connectivity index (χ2n) is 5.72. The van der Waals surface area contributed by atoms with Crippen LogP contribution in [-0.4, -0.2) is 24.5 Å². The van der Waals surface area contributed by atoms with Crippen molar-refractivity contribution in [1.29, 1.82) is 0 Å². The fourth-order valence-electron chi connectivity index (χ4n) is 2.29. The molecular weight excluding hydrogens is 224 g/mol. The number of nitrogens with one attached hydrogen (secondary N) is 2. The van der Waals surface area contributed by atoms with Gasteiger partial charge in [-0.3, -0.25) is 4.79 Å². The maximum Gasteiger partial charge on any atom is 0.251 e. The first-order chi connectivity index (χ1) is 8.50. The summed E-state index contributed by atoms with van der Waals surface area (Å²) in [4.78, 5) is 12.1. The van der Waals surface area contributed by atoms with Crippen LogP contribution < -0.4 is 10.6 Å². The Bertz CT molecular complexity index is 417. The van der Waals surface area contributed by atoms with Crippen LogP contribution in [0.25, 0.3) is 0 Å². The Labute approximate surface area is 109 Å². The van der Waals surface area contributed by atoms with Crippen LogP contribution in [-0.2, 0) is 0 Å². The highest BCUT2D eigenvalue weighted by Crippen LogP contribution is 2.17. The van der Waals surface area contributed by atoms with Crippen LogP contribution in [0.4, 0.5) is 0 Å². The van der Waals surface area contributed by atoms with Gasteiger partial charge in [0.05, 0.1) is 5.54 Å². The zero-order chi connectivity index (χ0) is 13.2. The van der Waals surface area contributed by atoms with Crippen LogP contribution in [0.3, 0.4) is 0 Å². The first-order valence-corrected chi connectivity index (χ1v) is 6.63. The molecule has 1 aromatic rings. The van der Waals surface area contributed by atoms with E-state index < -0.39 is 0 Å². The lowest BCUT2D eigenvalue weighted by Gasteiger charge is -2.24. The predicted octanol–water partition coefficient (Wildman–Crippen LogP) is 2.29. The van der Waals surface area contributed by atoms with Crippen LogP contribution in [0.1, 0.15) is 49.0 Å². The van der Waals surface area contributed by atoms with Crippen molar-refractivity contribution in [3.05, 3.63) is 35.4 Å². The summed E-state index contributed by atoms with van der Waals surface area (Å²) in [5.74, 6) is 0.523. The van der Waals surface area contributed by atoms with Gasteiger partial charge in [0.25, 0.3) is 5.91 Å². The minimum absolute atomic E-state index is 0.0245. The van der Waals surface area contributed by atoms with Crippen LogP contribution >= 0.6 is 0 Å². The minimum Gasteiger partial charge on any atom is -0.346 e. The zero-order valence-corrected chi connectivity index (χ0v) is 11.4. The van der Waals surface area contributed by atoms with Gasteiger partial charge >= 0.3 is 0 Å². The Morgan fingerprint density at radius 2 is 2.00 bits per heavy atom. The summed E-state index contributed by atoms with van der Waals surface area (Å²) in [6.45, 7) is 8.22. The molecule has 1 aliphatic rings. The number of benzene rings is 1. The van der Waals surface area contributed by atoms with E-state index in [9.17, 15) is 4.79 Å². The van der Waals surface area contributed by atoms with E-state index in [4.69, 9.17) is 0 Å². The highest BCUT2D eigenvalue weighted by atomic mass is 16.1. The number of hydrogen-bond donors (Lipinski definition) is 2. The lowest BCUT2D eigenvalue weighted by Crippen LogP contribution is -2.47. The average Bonchev–Trinajstić information content (AvgIpc) is 2.76. The van der Waals surface area contributed by atoms with Gasteiger partial charge in [-0.15, -0.1) is 0 Å². The second-order valence-corrected chi connectivity index (χ2v) is 5.72. The van der Waals surface area contributed by atoms with E-state index in [0.717, 1.165) is 25.1 Å². The second kappa shape index (κ2) is 5.11.